The average Bonchev–Trinajstić information content (AvgIpc) is 2.78. The SMILES string of the molecule is COC(=O)c1ccc(CN(C)C(=O)c2ccc(S(=O)(=O)N3CC(C)CC(C)C3)cc2)cc1. The Morgan fingerprint density at radius 1 is 0.969 bits per heavy atom. The third-order valence-corrected chi connectivity index (χ3v) is 7.56. The number of benzene rings is 2. The van der Waals surface area contributed by atoms with Gasteiger partial charge in [0.05, 0.1) is 17.6 Å². The molecular formula is C24H30N2O5S. The molecule has 1 heterocycles. The monoisotopic (exact) mass is 458 g/mol. The fraction of sp³-hybridized carbons (Fsp3) is 0.417. The van der Waals surface area contributed by atoms with Crippen molar-refractivity contribution >= 4 is 21.9 Å². The van der Waals surface area contributed by atoms with Crippen LogP contribution in [0.1, 0.15) is 46.5 Å². The van der Waals surface area contributed by atoms with Gasteiger partial charge in [0.2, 0.25) is 10.0 Å². The number of esters is 1. The number of ether oxygens (including phenoxy) is 1. The maximum absolute atomic E-state index is 13.0. The lowest BCUT2D eigenvalue weighted by Gasteiger charge is -2.34. The van der Waals surface area contributed by atoms with Crippen LogP contribution in [0.4, 0.5) is 0 Å². The van der Waals surface area contributed by atoms with Crippen LogP contribution in [0, 0.1) is 11.8 Å². The Hall–Kier alpha value is -2.71. The fourth-order valence-corrected chi connectivity index (χ4v) is 5.83. The van der Waals surface area contributed by atoms with Gasteiger partial charge in [0.1, 0.15) is 0 Å². The van der Waals surface area contributed by atoms with Gasteiger partial charge in [-0.15, -0.1) is 0 Å². The lowest BCUT2D eigenvalue weighted by molar-refractivity contribution is 0.0600. The van der Waals surface area contributed by atoms with Crippen molar-refractivity contribution in [3.8, 4) is 0 Å². The first-order valence-electron chi connectivity index (χ1n) is 10.6. The zero-order valence-corrected chi connectivity index (χ0v) is 19.8. The van der Waals surface area contributed by atoms with Gasteiger partial charge < -0.3 is 9.64 Å². The van der Waals surface area contributed by atoms with E-state index in [1.54, 1.807) is 52.7 Å². The highest BCUT2D eigenvalue weighted by atomic mass is 32.2. The second kappa shape index (κ2) is 9.83. The maximum atomic E-state index is 13.0. The van der Waals surface area contributed by atoms with E-state index in [9.17, 15) is 18.0 Å². The van der Waals surface area contributed by atoms with E-state index in [0.29, 0.717) is 42.6 Å². The first-order valence-corrected chi connectivity index (χ1v) is 12.1. The second-order valence-corrected chi connectivity index (χ2v) is 10.6. The second-order valence-electron chi connectivity index (χ2n) is 8.64. The molecule has 172 valence electrons. The molecule has 2 aromatic rings. The fourth-order valence-electron chi connectivity index (χ4n) is 4.15. The number of sulfonamides is 1. The Morgan fingerprint density at radius 3 is 2.03 bits per heavy atom. The molecule has 1 saturated heterocycles. The molecule has 32 heavy (non-hydrogen) atoms. The summed E-state index contributed by atoms with van der Waals surface area (Å²) < 4.78 is 32.3. The van der Waals surface area contributed by atoms with Crippen LogP contribution in [0.5, 0.6) is 0 Å². The van der Waals surface area contributed by atoms with E-state index in [1.807, 2.05) is 0 Å². The standard InChI is InChI=1S/C24H30N2O5S/c1-17-13-18(2)15-26(14-17)32(29,30)22-11-9-20(10-12-22)23(27)25(3)16-19-5-7-21(8-6-19)24(28)31-4/h5-12,17-18H,13-16H2,1-4H3. The van der Waals surface area contributed by atoms with E-state index >= 15 is 0 Å². The zero-order chi connectivity index (χ0) is 23.5. The largest absolute Gasteiger partial charge is 0.465 e. The van der Waals surface area contributed by atoms with E-state index in [-0.39, 0.29) is 10.8 Å². The van der Waals surface area contributed by atoms with Crippen LogP contribution >= 0.6 is 0 Å². The molecule has 0 aromatic heterocycles. The summed E-state index contributed by atoms with van der Waals surface area (Å²) in [6.07, 6.45) is 1.03. The molecule has 1 aliphatic heterocycles. The van der Waals surface area contributed by atoms with Gasteiger partial charge in [-0.25, -0.2) is 13.2 Å². The molecule has 3 rings (SSSR count). The molecule has 0 aliphatic carbocycles. The summed E-state index contributed by atoms with van der Waals surface area (Å²) in [6.45, 7) is 5.52. The Bertz CT molecular complexity index is 1050. The predicted octanol–water partition coefficient (Wildman–Crippen LogP) is 3.41. The first kappa shape index (κ1) is 23.9. The lowest BCUT2D eigenvalue weighted by Crippen LogP contribution is -2.42. The van der Waals surface area contributed by atoms with Gasteiger partial charge in [-0.05, 0) is 60.2 Å². The van der Waals surface area contributed by atoms with Gasteiger partial charge in [-0.2, -0.15) is 4.31 Å². The summed E-state index contributed by atoms with van der Waals surface area (Å²) in [5.41, 5.74) is 1.72. The highest BCUT2D eigenvalue weighted by molar-refractivity contribution is 7.89. The number of amides is 1. The maximum Gasteiger partial charge on any atom is 0.337 e. The molecule has 7 nitrogen and oxygen atoms in total. The van der Waals surface area contributed by atoms with Crippen LogP contribution in [0.25, 0.3) is 0 Å². The molecule has 8 heteroatoms. The van der Waals surface area contributed by atoms with E-state index in [1.165, 1.54) is 19.2 Å². The highest BCUT2D eigenvalue weighted by Crippen LogP contribution is 2.27. The van der Waals surface area contributed by atoms with Crippen molar-refractivity contribution in [2.45, 2.75) is 31.7 Å². The minimum absolute atomic E-state index is 0.205. The molecule has 0 radical (unpaired) electrons. The number of carbonyl (C=O) groups is 2. The van der Waals surface area contributed by atoms with Crippen LogP contribution in [0.3, 0.4) is 0 Å². The predicted molar refractivity (Wildman–Crippen MR) is 122 cm³/mol. The minimum Gasteiger partial charge on any atom is -0.465 e. The molecule has 0 bridgehead atoms. The van der Waals surface area contributed by atoms with E-state index in [2.05, 4.69) is 18.6 Å². The Balaban J connectivity index is 1.68. The number of piperidine rings is 1. The van der Waals surface area contributed by atoms with Gasteiger partial charge in [0, 0.05) is 32.2 Å². The molecule has 1 aliphatic rings. The third kappa shape index (κ3) is 5.37. The molecule has 1 amide bonds. The average molecular weight is 459 g/mol. The van der Waals surface area contributed by atoms with E-state index < -0.39 is 16.0 Å². The summed E-state index contributed by atoms with van der Waals surface area (Å²) in [4.78, 5) is 26.1. The molecule has 0 spiro atoms. The van der Waals surface area contributed by atoms with Gasteiger partial charge in [-0.1, -0.05) is 26.0 Å². The molecule has 0 saturated carbocycles. The molecule has 2 atom stereocenters. The van der Waals surface area contributed by atoms with Crippen molar-refractivity contribution < 1.29 is 22.7 Å². The van der Waals surface area contributed by atoms with Crippen molar-refractivity contribution in [3.05, 3.63) is 65.2 Å². The number of hydrogen-bond acceptors (Lipinski definition) is 5. The van der Waals surface area contributed by atoms with Crippen molar-refractivity contribution in [1.29, 1.82) is 0 Å². The van der Waals surface area contributed by atoms with Gasteiger partial charge in [-0.3, -0.25) is 4.79 Å². The van der Waals surface area contributed by atoms with Crippen LogP contribution < -0.4 is 0 Å². The third-order valence-electron chi connectivity index (χ3n) is 5.72. The lowest BCUT2D eigenvalue weighted by atomic mass is 9.94. The summed E-state index contributed by atoms with van der Waals surface area (Å²) in [5, 5.41) is 0. The molecular weight excluding hydrogens is 428 g/mol. The van der Waals surface area contributed by atoms with Crippen LogP contribution in [0.2, 0.25) is 0 Å². The van der Waals surface area contributed by atoms with Gasteiger partial charge >= 0.3 is 5.97 Å². The first-order chi connectivity index (χ1) is 15.1. The topological polar surface area (TPSA) is 84.0 Å². The number of rotatable bonds is 6. The minimum atomic E-state index is -3.58. The summed E-state index contributed by atoms with van der Waals surface area (Å²) in [7, 11) is -0.577. The Kier molecular flexibility index (Phi) is 7.36. The van der Waals surface area contributed by atoms with Crippen LogP contribution in [-0.4, -0.2) is 56.7 Å². The zero-order valence-electron chi connectivity index (χ0n) is 18.9. The van der Waals surface area contributed by atoms with Crippen molar-refractivity contribution in [3.63, 3.8) is 0 Å². The van der Waals surface area contributed by atoms with Crippen molar-refractivity contribution in [2.75, 3.05) is 27.2 Å². The molecule has 1 fully saturated rings. The summed E-state index contributed by atoms with van der Waals surface area (Å²) in [5.74, 6) is 0.0186. The quantitative estimate of drug-likeness (QED) is 0.620. The van der Waals surface area contributed by atoms with Crippen molar-refractivity contribution in [2.24, 2.45) is 11.8 Å². The van der Waals surface area contributed by atoms with E-state index in [4.69, 9.17) is 0 Å². The highest BCUT2D eigenvalue weighted by Gasteiger charge is 2.31. The number of carbonyl (C=O) groups excluding carboxylic acids is 2. The Labute approximate surface area is 190 Å². The smallest absolute Gasteiger partial charge is 0.337 e. The van der Waals surface area contributed by atoms with Gasteiger partial charge in [0.15, 0.2) is 0 Å². The normalized spacial score (nSPS) is 19.4. The van der Waals surface area contributed by atoms with Crippen molar-refractivity contribution in [1.82, 2.24) is 9.21 Å². The number of nitrogens with zero attached hydrogens (tertiary/aromatic N) is 2. The van der Waals surface area contributed by atoms with Crippen LogP contribution in [0.15, 0.2) is 53.4 Å². The molecule has 2 unspecified atom stereocenters. The molecule has 0 N–H and O–H groups in total. The summed E-state index contributed by atoms with van der Waals surface area (Å²) in [6, 6.07) is 13.0. The number of methoxy groups -OCH3 is 1. The number of hydrogen-bond donors (Lipinski definition) is 0. The van der Waals surface area contributed by atoms with Gasteiger partial charge in [0.25, 0.3) is 5.91 Å². The van der Waals surface area contributed by atoms with Crippen LogP contribution in [-0.2, 0) is 21.3 Å². The Morgan fingerprint density at radius 2 is 1.50 bits per heavy atom. The summed E-state index contributed by atoms with van der Waals surface area (Å²) >= 11 is 0. The van der Waals surface area contributed by atoms with E-state index in [0.717, 1.165) is 12.0 Å². The molecule has 2 aromatic carbocycles.